The molecule has 0 radical (unpaired) electrons. The van der Waals surface area contributed by atoms with Crippen LogP contribution in [-0.2, 0) is 4.79 Å². The number of likely N-dealkylation sites (tertiary alicyclic amines) is 1. The van der Waals surface area contributed by atoms with Crippen LogP contribution < -0.4 is 5.32 Å². The molecule has 116 valence electrons. The second-order valence-corrected chi connectivity index (χ2v) is 5.75. The third-order valence-electron chi connectivity index (χ3n) is 3.93. The van der Waals surface area contributed by atoms with Gasteiger partial charge in [-0.3, -0.25) is 9.69 Å². The number of hydrogen-bond donors (Lipinski definition) is 1. The maximum absolute atomic E-state index is 12.1. The topological polar surface area (TPSA) is 75.9 Å². The van der Waals surface area contributed by atoms with E-state index in [1.54, 1.807) is 23.3 Å². The highest BCUT2D eigenvalue weighted by atomic mass is 16.2. The smallest absolute Gasteiger partial charge is 0.238 e. The molecule has 0 aliphatic carbocycles. The van der Waals surface area contributed by atoms with Gasteiger partial charge in [0, 0.05) is 0 Å². The first kappa shape index (κ1) is 14.6. The zero-order chi connectivity index (χ0) is 15.4. The van der Waals surface area contributed by atoms with Crippen LogP contribution >= 0.6 is 0 Å². The van der Waals surface area contributed by atoms with Gasteiger partial charge in [0.1, 0.15) is 12.7 Å². The number of nitrogens with one attached hydrogen (secondary N) is 1. The maximum atomic E-state index is 12.1. The van der Waals surface area contributed by atoms with Crippen molar-refractivity contribution in [2.75, 3.05) is 25.0 Å². The van der Waals surface area contributed by atoms with Crippen LogP contribution in [-0.4, -0.2) is 50.2 Å². The SMILES string of the molecule is CC1CCN(CC(=O)Nc2ccc(-n3cncn3)nc2)CC1. The van der Waals surface area contributed by atoms with Gasteiger partial charge in [0.15, 0.2) is 5.82 Å². The molecular weight excluding hydrogens is 280 g/mol. The van der Waals surface area contributed by atoms with E-state index in [0.29, 0.717) is 18.1 Å². The summed E-state index contributed by atoms with van der Waals surface area (Å²) in [5, 5.41) is 6.89. The van der Waals surface area contributed by atoms with Crippen molar-refractivity contribution in [1.82, 2.24) is 24.6 Å². The first-order chi connectivity index (χ1) is 10.7. The average molecular weight is 300 g/mol. The van der Waals surface area contributed by atoms with Crippen molar-refractivity contribution in [3.8, 4) is 5.82 Å². The molecule has 1 saturated heterocycles. The molecule has 0 spiro atoms. The highest BCUT2D eigenvalue weighted by molar-refractivity contribution is 5.92. The predicted molar refractivity (Wildman–Crippen MR) is 82.6 cm³/mol. The van der Waals surface area contributed by atoms with Gasteiger partial charge in [-0.1, -0.05) is 6.92 Å². The molecule has 2 aromatic heterocycles. The Hall–Kier alpha value is -2.28. The zero-order valence-electron chi connectivity index (χ0n) is 12.6. The fourth-order valence-corrected chi connectivity index (χ4v) is 2.55. The first-order valence-corrected chi connectivity index (χ1v) is 7.54. The molecule has 1 fully saturated rings. The second-order valence-electron chi connectivity index (χ2n) is 5.75. The van der Waals surface area contributed by atoms with Gasteiger partial charge in [-0.05, 0) is 44.0 Å². The van der Waals surface area contributed by atoms with Crippen LogP contribution in [0.1, 0.15) is 19.8 Å². The molecule has 0 atom stereocenters. The van der Waals surface area contributed by atoms with Gasteiger partial charge >= 0.3 is 0 Å². The molecule has 0 bridgehead atoms. The molecule has 1 amide bonds. The van der Waals surface area contributed by atoms with Gasteiger partial charge in [0.05, 0.1) is 18.4 Å². The second kappa shape index (κ2) is 6.65. The number of hydrogen-bond acceptors (Lipinski definition) is 5. The van der Waals surface area contributed by atoms with E-state index in [1.165, 1.54) is 19.2 Å². The minimum Gasteiger partial charge on any atom is -0.324 e. The molecule has 1 aliphatic rings. The lowest BCUT2D eigenvalue weighted by atomic mass is 9.99. The molecule has 22 heavy (non-hydrogen) atoms. The minimum atomic E-state index is 0.00450. The fraction of sp³-hybridized carbons (Fsp3) is 0.467. The van der Waals surface area contributed by atoms with E-state index in [0.717, 1.165) is 19.0 Å². The summed E-state index contributed by atoms with van der Waals surface area (Å²) in [6.45, 7) is 4.70. The molecule has 0 saturated carbocycles. The van der Waals surface area contributed by atoms with Crippen molar-refractivity contribution in [3.63, 3.8) is 0 Å². The Morgan fingerprint density at radius 3 is 2.82 bits per heavy atom. The Labute approximate surface area is 129 Å². The van der Waals surface area contributed by atoms with E-state index in [2.05, 4.69) is 32.2 Å². The lowest BCUT2D eigenvalue weighted by Crippen LogP contribution is -2.38. The summed E-state index contributed by atoms with van der Waals surface area (Å²) < 4.78 is 1.57. The van der Waals surface area contributed by atoms with Crippen LogP contribution in [0, 0.1) is 5.92 Å². The number of piperidine rings is 1. The number of aromatic nitrogens is 4. The average Bonchev–Trinajstić information content (AvgIpc) is 3.05. The predicted octanol–water partition coefficient (Wildman–Crippen LogP) is 1.33. The van der Waals surface area contributed by atoms with Crippen molar-refractivity contribution in [1.29, 1.82) is 0 Å². The van der Waals surface area contributed by atoms with E-state index < -0.39 is 0 Å². The Morgan fingerprint density at radius 2 is 2.18 bits per heavy atom. The number of rotatable bonds is 4. The summed E-state index contributed by atoms with van der Waals surface area (Å²) in [6, 6.07) is 3.62. The highest BCUT2D eigenvalue weighted by Gasteiger charge is 2.17. The van der Waals surface area contributed by atoms with E-state index >= 15 is 0 Å². The minimum absolute atomic E-state index is 0.00450. The van der Waals surface area contributed by atoms with Crippen LogP contribution in [0.15, 0.2) is 31.0 Å². The normalized spacial score (nSPS) is 16.6. The summed E-state index contributed by atoms with van der Waals surface area (Å²) in [6.07, 6.45) is 7.00. The van der Waals surface area contributed by atoms with Gasteiger partial charge < -0.3 is 5.32 Å². The number of carbonyl (C=O) groups is 1. The van der Waals surface area contributed by atoms with Crippen molar-refractivity contribution >= 4 is 11.6 Å². The summed E-state index contributed by atoms with van der Waals surface area (Å²) in [4.78, 5) is 22.4. The number of amides is 1. The molecule has 1 N–H and O–H groups in total. The lowest BCUT2D eigenvalue weighted by Gasteiger charge is -2.29. The Bertz CT molecular complexity index is 601. The number of carbonyl (C=O) groups excluding carboxylic acids is 1. The van der Waals surface area contributed by atoms with Crippen molar-refractivity contribution in [2.24, 2.45) is 5.92 Å². The Morgan fingerprint density at radius 1 is 1.36 bits per heavy atom. The first-order valence-electron chi connectivity index (χ1n) is 7.54. The molecular formula is C15H20N6O. The van der Waals surface area contributed by atoms with E-state index in [9.17, 15) is 4.79 Å². The third kappa shape index (κ3) is 3.67. The number of nitrogens with zero attached hydrogens (tertiary/aromatic N) is 5. The summed E-state index contributed by atoms with van der Waals surface area (Å²) in [7, 11) is 0. The number of pyridine rings is 1. The Kier molecular flexibility index (Phi) is 4.43. The summed E-state index contributed by atoms with van der Waals surface area (Å²) in [5.74, 6) is 1.44. The van der Waals surface area contributed by atoms with Crippen LogP contribution in [0.4, 0.5) is 5.69 Å². The molecule has 0 unspecified atom stereocenters. The lowest BCUT2D eigenvalue weighted by molar-refractivity contribution is -0.117. The quantitative estimate of drug-likeness (QED) is 0.922. The zero-order valence-corrected chi connectivity index (χ0v) is 12.6. The van der Waals surface area contributed by atoms with Gasteiger partial charge in [0.25, 0.3) is 0 Å². The molecule has 3 rings (SSSR count). The fourth-order valence-electron chi connectivity index (χ4n) is 2.55. The summed E-state index contributed by atoms with van der Waals surface area (Å²) >= 11 is 0. The van der Waals surface area contributed by atoms with Crippen molar-refractivity contribution in [2.45, 2.75) is 19.8 Å². The molecule has 3 heterocycles. The Balaban J connectivity index is 1.53. The van der Waals surface area contributed by atoms with E-state index in [1.807, 2.05) is 6.07 Å². The van der Waals surface area contributed by atoms with Gasteiger partial charge in [-0.25, -0.2) is 14.6 Å². The van der Waals surface area contributed by atoms with Crippen LogP contribution in [0.3, 0.4) is 0 Å². The van der Waals surface area contributed by atoms with Gasteiger partial charge in [0.2, 0.25) is 5.91 Å². The third-order valence-corrected chi connectivity index (χ3v) is 3.93. The molecule has 7 heteroatoms. The number of anilines is 1. The van der Waals surface area contributed by atoms with Crippen LogP contribution in [0.25, 0.3) is 5.82 Å². The van der Waals surface area contributed by atoms with E-state index in [-0.39, 0.29) is 5.91 Å². The largest absolute Gasteiger partial charge is 0.324 e. The summed E-state index contributed by atoms with van der Waals surface area (Å²) in [5.41, 5.74) is 0.694. The highest BCUT2D eigenvalue weighted by Crippen LogP contribution is 2.16. The van der Waals surface area contributed by atoms with Gasteiger partial charge in [-0.15, -0.1) is 0 Å². The standard InChI is InChI=1S/C15H20N6O/c1-12-4-6-20(7-5-12)9-15(22)19-13-2-3-14(17-8-13)21-11-16-10-18-21/h2-3,8,10-12H,4-7,9H2,1H3,(H,19,22). The monoisotopic (exact) mass is 300 g/mol. The molecule has 0 aromatic carbocycles. The molecule has 7 nitrogen and oxygen atoms in total. The van der Waals surface area contributed by atoms with Crippen molar-refractivity contribution < 1.29 is 4.79 Å². The van der Waals surface area contributed by atoms with Crippen molar-refractivity contribution in [3.05, 3.63) is 31.0 Å². The molecule has 2 aromatic rings. The van der Waals surface area contributed by atoms with Crippen LogP contribution in [0.5, 0.6) is 0 Å². The van der Waals surface area contributed by atoms with E-state index in [4.69, 9.17) is 0 Å². The maximum Gasteiger partial charge on any atom is 0.238 e. The van der Waals surface area contributed by atoms with Crippen LogP contribution in [0.2, 0.25) is 0 Å². The van der Waals surface area contributed by atoms with Gasteiger partial charge in [-0.2, -0.15) is 5.10 Å². The molecule has 1 aliphatic heterocycles.